The summed E-state index contributed by atoms with van der Waals surface area (Å²) in [5, 5.41) is 0.746. The Hall–Kier alpha value is -1.08. The van der Waals surface area contributed by atoms with E-state index < -0.39 is 0 Å². The van der Waals surface area contributed by atoms with Crippen LogP contribution < -0.4 is 0 Å². The first-order chi connectivity index (χ1) is 13.4. The lowest BCUT2D eigenvalue weighted by molar-refractivity contribution is -0.137. The van der Waals surface area contributed by atoms with Crippen LogP contribution >= 0.6 is 11.6 Å². The highest BCUT2D eigenvalue weighted by Gasteiger charge is 2.60. The van der Waals surface area contributed by atoms with Crippen LogP contribution in [0.15, 0.2) is 29.8 Å². The van der Waals surface area contributed by atoms with E-state index in [1.165, 1.54) is 44.9 Å². The van der Waals surface area contributed by atoms with E-state index in [0.29, 0.717) is 17.1 Å². The number of rotatable bonds is 1. The molecule has 4 fully saturated rings. The van der Waals surface area contributed by atoms with Crippen LogP contribution in [0.5, 0.6) is 0 Å². The Morgan fingerprint density at radius 3 is 2.64 bits per heavy atom. The monoisotopic (exact) mass is 396 g/mol. The normalized spacial score (nSPS) is 44.1. The van der Waals surface area contributed by atoms with E-state index in [4.69, 9.17) is 11.6 Å². The highest BCUT2D eigenvalue weighted by atomic mass is 35.5. The lowest BCUT2D eigenvalue weighted by Crippen LogP contribution is -2.52. The topological polar surface area (TPSA) is 17.1 Å². The molecule has 150 valence electrons. The minimum Gasteiger partial charge on any atom is -0.294 e. The van der Waals surface area contributed by atoms with Crippen molar-refractivity contribution in [3.05, 3.63) is 40.4 Å². The summed E-state index contributed by atoms with van der Waals surface area (Å²) in [7, 11) is 0. The Bertz CT molecular complexity index is 825. The molecule has 0 N–H and O–H groups in total. The minimum atomic E-state index is -0.147. The molecule has 0 bridgehead atoms. The van der Waals surface area contributed by atoms with Crippen molar-refractivity contribution >= 4 is 23.5 Å². The summed E-state index contributed by atoms with van der Waals surface area (Å²) < 4.78 is 0. The third-order valence-corrected chi connectivity index (χ3v) is 9.80. The van der Waals surface area contributed by atoms with Crippen LogP contribution in [0.25, 0.3) is 6.08 Å². The number of fused-ring (bicyclic) bond motifs is 5. The summed E-state index contributed by atoms with van der Waals surface area (Å²) in [6, 6.07) is 7.91. The van der Waals surface area contributed by atoms with Crippen molar-refractivity contribution in [1.29, 1.82) is 0 Å². The van der Waals surface area contributed by atoms with Gasteiger partial charge in [-0.2, -0.15) is 0 Å². The number of allylic oxidation sites excluding steroid dienone is 1. The molecular formula is C26H33ClO. The van der Waals surface area contributed by atoms with Gasteiger partial charge in [-0.25, -0.2) is 0 Å². The van der Waals surface area contributed by atoms with Crippen molar-refractivity contribution in [3.8, 4) is 0 Å². The molecule has 0 spiro atoms. The summed E-state index contributed by atoms with van der Waals surface area (Å²) in [5.74, 6) is 3.44. The molecule has 6 atom stereocenters. The van der Waals surface area contributed by atoms with E-state index in [0.717, 1.165) is 46.8 Å². The van der Waals surface area contributed by atoms with Gasteiger partial charge in [0.25, 0.3) is 0 Å². The maximum Gasteiger partial charge on any atom is 0.165 e. The first-order valence-corrected chi connectivity index (χ1v) is 11.8. The molecular weight excluding hydrogens is 364 g/mol. The summed E-state index contributed by atoms with van der Waals surface area (Å²) >= 11 is 6.39. The number of hydrogen-bond donors (Lipinski definition) is 0. The van der Waals surface area contributed by atoms with E-state index >= 15 is 0 Å². The Balaban J connectivity index is 1.48. The van der Waals surface area contributed by atoms with Gasteiger partial charge in [0.2, 0.25) is 0 Å². The Labute approximate surface area is 174 Å². The summed E-state index contributed by atoms with van der Waals surface area (Å²) in [4.78, 5) is 13.5. The fourth-order valence-corrected chi connectivity index (χ4v) is 8.06. The molecule has 4 aliphatic rings. The Kier molecular flexibility index (Phi) is 4.54. The number of hydrogen-bond acceptors (Lipinski definition) is 1. The van der Waals surface area contributed by atoms with Crippen molar-refractivity contribution in [1.82, 2.24) is 0 Å². The molecule has 0 saturated heterocycles. The predicted molar refractivity (Wildman–Crippen MR) is 116 cm³/mol. The molecule has 1 nitrogen and oxygen atoms in total. The van der Waals surface area contributed by atoms with Gasteiger partial charge in [0.1, 0.15) is 0 Å². The first kappa shape index (κ1) is 18.9. The van der Waals surface area contributed by atoms with Crippen molar-refractivity contribution in [2.75, 3.05) is 0 Å². The fourth-order valence-electron chi connectivity index (χ4n) is 7.87. The number of halogens is 1. The largest absolute Gasteiger partial charge is 0.294 e. The molecule has 4 aliphatic carbocycles. The highest BCUT2D eigenvalue weighted by Crippen LogP contribution is 2.66. The van der Waals surface area contributed by atoms with Gasteiger partial charge in [0.05, 0.1) is 0 Å². The van der Waals surface area contributed by atoms with Gasteiger partial charge in [-0.3, -0.25) is 4.79 Å². The molecule has 1 aromatic rings. The summed E-state index contributed by atoms with van der Waals surface area (Å²) in [6.07, 6.45) is 13.8. The zero-order valence-electron chi connectivity index (χ0n) is 17.3. The van der Waals surface area contributed by atoms with Crippen LogP contribution in [-0.2, 0) is 4.79 Å². The molecule has 0 aliphatic heterocycles. The van der Waals surface area contributed by atoms with E-state index in [9.17, 15) is 4.79 Å². The number of carbonyl (C=O) groups excluding carboxylic acids is 1. The molecule has 0 unspecified atom stereocenters. The fraction of sp³-hybridized carbons (Fsp3) is 0.654. The van der Waals surface area contributed by atoms with Gasteiger partial charge in [0, 0.05) is 10.4 Å². The van der Waals surface area contributed by atoms with Crippen LogP contribution in [0.1, 0.15) is 77.2 Å². The van der Waals surface area contributed by atoms with E-state index in [2.05, 4.69) is 19.9 Å². The molecule has 2 heteroatoms. The van der Waals surface area contributed by atoms with Gasteiger partial charge in [-0.1, -0.05) is 56.5 Å². The molecule has 4 saturated carbocycles. The third kappa shape index (κ3) is 2.68. The maximum atomic E-state index is 13.5. The highest BCUT2D eigenvalue weighted by molar-refractivity contribution is 6.32. The van der Waals surface area contributed by atoms with Crippen LogP contribution in [-0.4, -0.2) is 5.78 Å². The standard InChI is InChI=1S/C26H33ClO/c1-25-13-6-5-8-19(25)10-11-20-21(25)12-14-26(2)22(20)16-18(24(26)28)15-17-7-3-4-9-23(17)27/h3-4,7,9,15,19-22H,5-6,8,10-14,16H2,1-2H3/b18-15+/t19-,20+,21-,22-,25-,26+/m1/s1. The molecule has 0 amide bonds. The van der Waals surface area contributed by atoms with Gasteiger partial charge in [-0.15, -0.1) is 0 Å². The third-order valence-electron chi connectivity index (χ3n) is 9.46. The number of carbonyl (C=O) groups is 1. The summed E-state index contributed by atoms with van der Waals surface area (Å²) in [6.45, 7) is 4.88. The van der Waals surface area contributed by atoms with Gasteiger partial charge >= 0.3 is 0 Å². The average molecular weight is 397 g/mol. The van der Waals surface area contributed by atoms with Gasteiger partial charge in [-0.05, 0) is 97.3 Å². The van der Waals surface area contributed by atoms with Crippen molar-refractivity contribution in [2.45, 2.75) is 71.6 Å². The second-order valence-electron chi connectivity index (χ2n) is 10.6. The molecule has 0 heterocycles. The molecule has 28 heavy (non-hydrogen) atoms. The van der Waals surface area contributed by atoms with Crippen molar-refractivity contribution in [2.24, 2.45) is 34.5 Å². The minimum absolute atomic E-state index is 0.147. The van der Waals surface area contributed by atoms with E-state index in [1.807, 2.05) is 24.3 Å². The second kappa shape index (κ2) is 6.73. The first-order valence-electron chi connectivity index (χ1n) is 11.4. The average Bonchev–Trinajstić information content (AvgIpc) is 2.94. The lowest BCUT2D eigenvalue weighted by atomic mass is 9.45. The summed E-state index contributed by atoms with van der Waals surface area (Å²) in [5.41, 5.74) is 2.40. The number of ketones is 1. The van der Waals surface area contributed by atoms with Crippen LogP contribution in [0.4, 0.5) is 0 Å². The quantitative estimate of drug-likeness (QED) is 0.454. The van der Waals surface area contributed by atoms with E-state index in [1.54, 1.807) is 0 Å². The van der Waals surface area contributed by atoms with Crippen LogP contribution in [0.3, 0.4) is 0 Å². The molecule has 1 aromatic carbocycles. The van der Waals surface area contributed by atoms with Crippen LogP contribution in [0.2, 0.25) is 5.02 Å². The zero-order valence-corrected chi connectivity index (χ0v) is 18.1. The predicted octanol–water partition coefficient (Wildman–Crippen LogP) is 7.34. The van der Waals surface area contributed by atoms with Crippen LogP contribution in [0, 0.1) is 34.5 Å². The molecule has 0 aromatic heterocycles. The lowest BCUT2D eigenvalue weighted by Gasteiger charge is -2.59. The van der Waals surface area contributed by atoms with Gasteiger partial charge in [0.15, 0.2) is 5.78 Å². The zero-order chi connectivity index (χ0) is 19.5. The van der Waals surface area contributed by atoms with E-state index in [-0.39, 0.29) is 5.41 Å². The second-order valence-corrected chi connectivity index (χ2v) is 11.0. The molecule has 5 rings (SSSR count). The molecule has 0 radical (unpaired) electrons. The SMILES string of the molecule is C[C@@]12CCCC[C@@H]1CC[C@H]1[C@H]2CC[C@]2(C)C(=O)/C(=C/c3ccccc3Cl)C[C@H]12. The van der Waals surface area contributed by atoms with Crippen molar-refractivity contribution in [3.63, 3.8) is 0 Å². The number of benzene rings is 1. The number of Topliss-reactive ketones (excluding diaryl/α,β-unsaturated/α-hetero) is 1. The Morgan fingerprint density at radius 2 is 1.82 bits per heavy atom. The maximum absolute atomic E-state index is 13.5. The van der Waals surface area contributed by atoms with Crippen molar-refractivity contribution < 1.29 is 4.79 Å². The Morgan fingerprint density at radius 1 is 1.00 bits per heavy atom. The smallest absolute Gasteiger partial charge is 0.165 e. The van der Waals surface area contributed by atoms with Gasteiger partial charge < -0.3 is 0 Å².